The molecule has 0 saturated carbocycles. The van der Waals surface area contributed by atoms with E-state index in [0.717, 1.165) is 18.2 Å². The number of nitrogens with one attached hydrogen (secondary N) is 1. The Morgan fingerprint density at radius 3 is 2.67 bits per heavy atom. The van der Waals surface area contributed by atoms with E-state index < -0.39 is 17.7 Å². The molecule has 0 aliphatic rings. The number of hydrogen-bond acceptors (Lipinski definition) is 2. The van der Waals surface area contributed by atoms with Gasteiger partial charge in [-0.25, -0.2) is 8.78 Å². The number of nitrogens with two attached hydrogens (primary N) is 1. The SMILES string of the molecule is CC(C)C[C@H](N)C(=O)NCc1cc(F)ccc1F. The van der Waals surface area contributed by atoms with Gasteiger partial charge in [0, 0.05) is 12.1 Å². The summed E-state index contributed by atoms with van der Waals surface area (Å²) in [6.45, 7) is 3.85. The largest absolute Gasteiger partial charge is 0.351 e. The maximum atomic E-state index is 13.3. The van der Waals surface area contributed by atoms with Crippen molar-refractivity contribution < 1.29 is 13.6 Å². The Labute approximate surface area is 105 Å². The zero-order valence-corrected chi connectivity index (χ0v) is 10.5. The summed E-state index contributed by atoms with van der Waals surface area (Å²) in [6.07, 6.45) is 0.553. The number of amides is 1. The number of carbonyl (C=O) groups is 1. The maximum absolute atomic E-state index is 13.3. The molecule has 3 N–H and O–H groups in total. The third-order valence-electron chi connectivity index (χ3n) is 2.52. The maximum Gasteiger partial charge on any atom is 0.237 e. The first-order valence-electron chi connectivity index (χ1n) is 5.87. The van der Waals surface area contributed by atoms with Crippen molar-refractivity contribution in [3.05, 3.63) is 35.4 Å². The fourth-order valence-corrected chi connectivity index (χ4v) is 1.61. The molecule has 1 aromatic rings. The van der Waals surface area contributed by atoms with Crippen LogP contribution in [0.1, 0.15) is 25.8 Å². The molecule has 0 aliphatic heterocycles. The van der Waals surface area contributed by atoms with E-state index in [1.54, 1.807) is 0 Å². The molecule has 0 bridgehead atoms. The number of rotatable bonds is 5. The molecule has 100 valence electrons. The summed E-state index contributed by atoms with van der Waals surface area (Å²) in [7, 11) is 0. The van der Waals surface area contributed by atoms with Crippen LogP contribution >= 0.6 is 0 Å². The summed E-state index contributed by atoms with van der Waals surface area (Å²) >= 11 is 0. The van der Waals surface area contributed by atoms with Crippen molar-refractivity contribution in [1.29, 1.82) is 0 Å². The Kier molecular flexibility index (Phi) is 5.22. The Morgan fingerprint density at radius 2 is 2.06 bits per heavy atom. The average molecular weight is 256 g/mol. The van der Waals surface area contributed by atoms with Gasteiger partial charge in [0.25, 0.3) is 0 Å². The van der Waals surface area contributed by atoms with E-state index in [-0.39, 0.29) is 18.0 Å². The van der Waals surface area contributed by atoms with Gasteiger partial charge in [0.1, 0.15) is 11.6 Å². The molecule has 0 aliphatic carbocycles. The first-order chi connectivity index (χ1) is 8.40. The van der Waals surface area contributed by atoms with E-state index in [2.05, 4.69) is 5.32 Å². The highest BCUT2D eigenvalue weighted by Gasteiger charge is 2.15. The van der Waals surface area contributed by atoms with Crippen molar-refractivity contribution in [1.82, 2.24) is 5.32 Å². The summed E-state index contributed by atoms with van der Waals surface area (Å²) in [5.74, 6) is -1.13. The minimum atomic E-state index is -0.623. The van der Waals surface area contributed by atoms with Gasteiger partial charge < -0.3 is 11.1 Å². The van der Waals surface area contributed by atoms with Crippen LogP contribution in [0, 0.1) is 17.6 Å². The second-order valence-corrected chi connectivity index (χ2v) is 4.69. The number of hydrogen-bond donors (Lipinski definition) is 2. The molecule has 18 heavy (non-hydrogen) atoms. The lowest BCUT2D eigenvalue weighted by Gasteiger charge is -2.14. The Balaban J connectivity index is 2.54. The highest BCUT2D eigenvalue weighted by atomic mass is 19.1. The minimum absolute atomic E-state index is 0.0613. The van der Waals surface area contributed by atoms with Gasteiger partial charge in [0.15, 0.2) is 0 Å². The highest BCUT2D eigenvalue weighted by molar-refractivity contribution is 5.81. The Morgan fingerprint density at radius 1 is 1.39 bits per heavy atom. The van der Waals surface area contributed by atoms with Gasteiger partial charge in [-0.2, -0.15) is 0 Å². The predicted molar refractivity (Wildman–Crippen MR) is 65.6 cm³/mol. The van der Waals surface area contributed by atoms with Crippen molar-refractivity contribution in [3.8, 4) is 0 Å². The third-order valence-corrected chi connectivity index (χ3v) is 2.52. The summed E-state index contributed by atoms with van der Waals surface area (Å²) in [5.41, 5.74) is 5.78. The van der Waals surface area contributed by atoms with Gasteiger partial charge in [0.05, 0.1) is 6.04 Å². The lowest BCUT2D eigenvalue weighted by molar-refractivity contribution is -0.122. The quantitative estimate of drug-likeness (QED) is 0.846. The van der Waals surface area contributed by atoms with Crippen LogP contribution in [0.2, 0.25) is 0 Å². The smallest absolute Gasteiger partial charge is 0.237 e. The van der Waals surface area contributed by atoms with Gasteiger partial charge >= 0.3 is 0 Å². The molecule has 0 aromatic heterocycles. The van der Waals surface area contributed by atoms with E-state index in [1.807, 2.05) is 13.8 Å². The fourth-order valence-electron chi connectivity index (χ4n) is 1.61. The van der Waals surface area contributed by atoms with E-state index in [1.165, 1.54) is 0 Å². The van der Waals surface area contributed by atoms with Crippen LogP contribution in [0.25, 0.3) is 0 Å². The lowest BCUT2D eigenvalue weighted by atomic mass is 10.0. The first kappa shape index (κ1) is 14.6. The average Bonchev–Trinajstić information content (AvgIpc) is 2.29. The van der Waals surface area contributed by atoms with Gasteiger partial charge in [0.2, 0.25) is 5.91 Å². The summed E-state index contributed by atoms with van der Waals surface area (Å²) in [4.78, 5) is 11.6. The van der Waals surface area contributed by atoms with Crippen LogP contribution in [0.5, 0.6) is 0 Å². The normalized spacial score (nSPS) is 12.6. The van der Waals surface area contributed by atoms with Crippen LogP contribution in [0.4, 0.5) is 8.78 Å². The minimum Gasteiger partial charge on any atom is -0.351 e. The van der Waals surface area contributed by atoms with Crippen LogP contribution in [-0.2, 0) is 11.3 Å². The third kappa shape index (κ3) is 4.41. The predicted octanol–water partition coefficient (Wildman–Crippen LogP) is 1.95. The molecular weight excluding hydrogens is 238 g/mol. The second kappa shape index (κ2) is 6.44. The van der Waals surface area contributed by atoms with Gasteiger partial charge in [-0.05, 0) is 30.5 Å². The number of benzene rings is 1. The molecule has 1 amide bonds. The molecule has 3 nitrogen and oxygen atoms in total. The van der Waals surface area contributed by atoms with E-state index in [9.17, 15) is 13.6 Å². The molecule has 0 heterocycles. The van der Waals surface area contributed by atoms with Crippen molar-refractivity contribution in [2.24, 2.45) is 11.7 Å². The first-order valence-corrected chi connectivity index (χ1v) is 5.87. The highest BCUT2D eigenvalue weighted by Crippen LogP contribution is 2.09. The summed E-state index contributed by atoms with van der Waals surface area (Å²) < 4.78 is 26.2. The van der Waals surface area contributed by atoms with Gasteiger partial charge in [-0.1, -0.05) is 13.8 Å². The Hall–Kier alpha value is -1.49. The molecule has 1 atom stereocenters. The Bertz CT molecular complexity index is 421. The summed E-state index contributed by atoms with van der Waals surface area (Å²) in [5, 5.41) is 2.50. The molecule has 0 spiro atoms. The van der Waals surface area contributed by atoms with E-state index >= 15 is 0 Å². The number of carbonyl (C=O) groups excluding carboxylic acids is 1. The lowest BCUT2D eigenvalue weighted by Crippen LogP contribution is -2.41. The topological polar surface area (TPSA) is 55.1 Å². The molecule has 0 unspecified atom stereocenters. The van der Waals surface area contributed by atoms with Crippen molar-refractivity contribution in [2.75, 3.05) is 0 Å². The molecular formula is C13H18F2N2O. The van der Waals surface area contributed by atoms with Crippen molar-refractivity contribution in [2.45, 2.75) is 32.9 Å². The van der Waals surface area contributed by atoms with Crippen molar-refractivity contribution in [3.63, 3.8) is 0 Å². The van der Waals surface area contributed by atoms with E-state index in [4.69, 9.17) is 5.73 Å². The zero-order chi connectivity index (χ0) is 13.7. The summed E-state index contributed by atoms with van der Waals surface area (Å²) in [6, 6.07) is 2.50. The second-order valence-electron chi connectivity index (χ2n) is 4.69. The van der Waals surface area contributed by atoms with Gasteiger partial charge in [-0.3, -0.25) is 4.79 Å². The molecule has 1 aromatic carbocycles. The van der Waals surface area contributed by atoms with Crippen LogP contribution in [0.15, 0.2) is 18.2 Å². The molecule has 1 rings (SSSR count). The van der Waals surface area contributed by atoms with Gasteiger partial charge in [-0.15, -0.1) is 0 Å². The number of halogens is 2. The fraction of sp³-hybridized carbons (Fsp3) is 0.462. The molecule has 0 fully saturated rings. The standard InChI is InChI=1S/C13H18F2N2O/c1-8(2)5-12(16)13(18)17-7-9-6-10(14)3-4-11(9)15/h3-4,6,8,12H,5,7,16H2,1-2H3,(H,17,18)/t12-/m0/s1. The van der Waals surface area contributed by atoms with E-state index in [0.29, 0.717) is 12.3 Å². The molecule has 5 heteroatoms. The monoisotopic (exact) mass is 256 g/mol. The van der Waals surface area contributed by atoms with Crippen LogP contribution < -0.4 is 11.1 Å². The molecule has 0 saturated heterocycles. The molecule has 0 radical (unpaired) electrons. The van der Waals surface area contributed by atoms with Crippen LogP contribution in [0.3, 0.4) is 0 Å². The van der Waals surface area contributed by atoms with Crippen LogP contribution in [-0.4, -0.2) is 11.9 Å². The van der Waals surface area contributed by atoms with Crippen molar-refractivity contribution >= 4 is 5.91 Å². The zero-order valence-electron chi connectivity index (χ0n) is 10.5.